The molecule has 1 aromatic carbocycles. The Bertz CT molecular complexity index is 381. The van der Waals surface area contributed by atoms with Gasteiger partial charge in [-0.3, -0.25) is 5.43 Å². The molecule has 1 aliphatic rings. The monoisotopic (exact) mass is 253 g/mol. The summed E-state index contributed by atoms with van der Waals surface area (Å²) >= 11 is 6.26. The van der Waals surface area contributed by atoms with Gasteiger partial charge in [-0.25, -0.2) is 5.43 Å². The molecule has 3 nitrogen and oxygen atoms in total. The molecule has 1 fully saturated rings. The highest BCUT2D eigenvalue weighted by atomic mass is 35.5. The fourth-order valence-corrected chi connectivity index (χ4v) is 2.76. The molecule has 17 heavy (non-hydrogen) atoms. The van der Waals surface area contributed by atoms with E-state index in [2.05, 4.69) is 30.8 Å². The molecule has 2 rings (SSSR count). The van der Waals surface area contributed by atoms with Gasteiger partial charge in [0.15, 0.2) is 0 Å². The number of halogens is 1. The van der Waals surface area contributed by atoms with Crippen molar-refractivity contribution in [2.45, 2.75) is 38.4 Å². The Morgan fingerprint density at radius 1 is 1.29 bits per heavy atom. The first-order chi connectivity index (χ1) is 8.09. The molecule has 0 amide bonds. The lowest BCUT2D eigenvalue weighted by Crippen LogP contribution is -2.38. The van der Waals surface area contributed by atoms with E-state index >= 15 is 0 Å². The SMILES string of the molecule is CC(C)CC1NNC(N)C1c1ccccc1Cl. The minimum absolute atomic E-state index is 0.0846. The van der Waals surface area contributed by atoms with E-state index in [1.807, 2.05) is 18.2 Å². The van der Waals surface area contributed by atoms with E-state index in [-0.39, 0.29) is 12.1 Å². The van der Waals surface area contributed by atoms with Crippen molar-refractivity contribution in [1.29, 1.82) is 0 Å². The van der Waals surface area contributed by atoms with E-state index in [9.17, 15) is 0 Å². The second kappa shape index (κ2) is 5.36. The summed E-state index contributed by atoms with van der Waals surface area (Å²) in [5.74, 6) is 0.857. The Morgan fingerprint density at radius 3 is 2.65 bits per heavy atom. The number of benzene rings is 1. The summed E-state index contributed by atoms with van der Waals surface area (Å²) in [7, 11) is 0. The lowest BCUT2D eigenvalue weighted by atomic mass is 9.86. The maximum absolute atomic E-state index is 6.26. The standard InChI is InChI=1S/C13H20ClN3/c1-8(2)7-11-12(13(15)17-16-11)9-5-3-4-6-10(9)14/h3-6,8,11-13,16-17H,7,15H2,1-2H3. The lowest BCUT2D eigenvalue weighted by Gasteiger charge is -2.23. The van der Waals surface area contributed by atoms with Crippen LogP contribution in [0.25, 0.3) is 0 Å². The molecule has 4 heteroatoms. The van der Waals surface area contributed by atoms with Crippen molar-refractivity contribution >= 4 is 11.6 Å². The van der Waals surface area contributed by atoms with Crippen LogP contribution in [0.2, 0.25) is 5.02 Å². The van der Waals surface area contributed by atoms with Gasteiger partial charge < -0.3 is 5.73 Å². The van der Waals surface area contributed by atoms with E-state index in [1.165, 1.54) is 0 Å². The van der Waals surface area contributed by atoms with Crippen molar-refractivity contribution in [3.63, 3.8) is 0 Å². The number of nitrogens with one attached hydrogen (secondary N) is 2. The summed E-state index contributed by atoms with van der Waals surface area (Å²) in [5.41, 5.74) is 13.6. The van der Waals surface area contributed by atoms with Gasteiger partial charge in [-0.1, -0.05) is 43.6 Å². The minimum atomic E-state index is -0.0846. The van der Waals surface area contributed by atoms with E-state index in [4.69, 9.17) is 17.3 Å². The van der Waals surface area contributed by atoms with Crippen LogP contribution in [0.5, 0.6) is 0 Å². The molecule has 1 saturated heterocycles. The maximum atomic E-state index is 6.26. The summed E-state index contributed by atoms with van der Waals surface area (Å²) in [6, 6.07) is 8.29. The molecule has 0 aromatic heterocycles. The summed E-state index contributed by atoms with van der Waals surface area (Å²) in [6.07, 6.45) is 0.995. The van der Waals surface area contributed by atoms with Crippen LogP contribution in [0.15, 0.2) is 24.3 Å². The van der Waals surface area contributed by atoms with Gasteiger partial charge in [0.25, 0.3) is 0 Å². The highest BCUT2D eigenvalue weighted by Crippen LogP contribution is 2.32. The van der Waals surface area contributed by atoms with Crippen LogP contribution in [-0.2, 0) is 0 Å². The largest absolute Gasteiger partial charge is 0.314 e. The van der Waals surface area contributed by atoms with Gasteiger partial charge in [-0.2, -0.15) is 0 Å². The summed E-state index contributed by atoms with van der Waals surface area (Å²) < 4.78 is 0. The van der Waals surface area contributed by atoms with E-state index in [0.717, 1.165) is 17.0 Å². The van der Waals surface area contributed by atoms with Crippen LogP contribution in [0.4, 0.5) is 0 Å². The highest BCUT2D eigenvalue weighted by molar-refractivity contribution is 6.31. The van der Waals surface area contributed by atoms with Crippen LogP contribution < -0.4 is 16.6 Å². The number of hydrogen-bond acceptors (Lipinski definition) is 3. The molecule has 0 bridgehead atoms. The molecule has 0 aliphatic carbocycles. The smallest absolute Gasteiger partial charge is 0.0764 e. The van der Waals surface area contributed by atoms with Crippen LogP contribution in [0.3, 0.4) is 0 Å². The van der Waals surface area contributed by atoms with Gasteiger partial charge in [-0.05, 0) is 24.0 Å². The van der Waals surface area contributed by atoms with Gasteiger partial charge in [0, 0.05) is 17.0 Å². The second-order valence-corrected chi connectivity index (χ2v) is 5.50. The van der Waals surface area contributed by atoms with Crippen molar-refractivity contribution < 1.29 is 0 Å². The van der Waals surface area contributed by atoms with Crippen LogP contribution in [0.1, 0.15) is 31.7 Å². The third-order valence-corrected chi connectivity index (χ3v) is 3.59. The fraction of sp³-hybridized carbons (Fsp3) is 0.538. The van der Waals surface area contributed by atoms with E-state index < -0.39 is 0 Å². The number of rotatable bonds is 3. The molecule has 1 aliphatic heterocycles. The quantitative estimate of drug-likeness (QED) is 0.774. The normalized spacial score (nSPS) is 28.9. The molecule has 1 heterocycles. The van der Waals surface area contributed by atoms with Crippen molar-refractivity contribution in [1.82, 2.24) is 10.9 Å². The van der Waals surface area contributed by atoms with Crippen LogP contribution in [-0.4, -0.2) is 12.2 Å². The third-order valence-electron chi connectivity index (χ3n) is 3.25. The highest BCUT2D eigenvalue weighted by Gasteiger charge is 2.35. The van der Waals surface area contributed by atoms with Crippen molar-refractivity contribution in [2.24, 2.45) is 11.7 Å². The van der Waals surface area contributed by atoms with Crippen molar-refractivity contribution in [3.8, 4) is 0 Å². The molecular weight excluding hydrogens is 234 g/mol. The minimum Gasteiger partial charge on any atom is -0.314 e. The number of hydrogen-bond donors (Lipinski definition) is 3. The third kappa shape index (κ3) is 2.80. The van der Waals surface area contributed by atoms with Gasteiger partial charge >= 0.3 is 0 Å². The molecule has 0 radical (unpaired) electrons. The molecular formula is C13H20ClN3. The summed E-state index contributed by atoms with van der Waals surface area (Å²) in [6.45, 7) is 4.43. The molecule has 4 N–H and O–H groups in total. The topological polar surface area (TPSA) is 50.1 Å². The Hall–Kier alpha value is -0.610. The first-order valence-corrected chi connectivity index (χ1v) is 6.48. The van der Waals surface area contributed by atoms with Crippen molar-refractivity contribution in [3.05, 3.63) is 34.9 Å². The molecule has 0 spiro atoms. The lowest BCUT2D eigenvalue weighted by molar-refractivity contribution is 0.422. The number of hydrazine groups is 1. The van der Waals surface area contributed by atoms with Gasteiger partial charge in [0.05, 0.1) is 6.17 Å². The average Bonchev–Trinajstić information content (AvgIpc) is 2.60. The Balaban J connectivity index is 2.24. The zero-order chi connectivity index (χ0) is 12.4. The van der Waals surface area contributed by atoms with E-state index in [1.54, 1.807) is 0 Å². The molecule has 3 atom stereocenters. The predicted molar refractivity (Wildman–Crippen MR) is 71.7 cm³/mol. The number of nitrogens with two attached hydrogens (primary N) is 1. The zero-order valence-corrected chi connectivity index (χ0v) is 11.0. The Kier molecular flexibility index (Phi) is 4.05. The molecule has 1 aromatic rings. The molecule has 3 unspecified atom stereocenters. The van der Waals surface area contributed by atoms with Gasteiger partial charge in [0.2, 0.25) is 0 Å². The summed E-state index contributed by atoms with van der Waals surface area (Å²) in [4.78, 5) is 0. The summed E-state index contributed by atoms with van der Waals surface area (Å²) in [5, 5.41) is 0.798. The Morgan fingerprint density at radius 2 is 2.00 bits per heavy atom. The zero-order valence-electron chi connectivity index (χ0n) is 10.3. The first-order valence-electron chi connectivity index (χ1n) is 6.10. The van der Waals surface area contributed by atoms with Crippen LogP contribution in [0, 0.1) is 5.92 Å². The Labute approximate surface area is 108 Å². The second-order valence-electron chi connectivity index (χ2n) is 5.10. The average molecular weight is 254 g/mol. The van der Waals surface area contributed by atoms with Gasteiger partial charge in [0.1, 0.15) is 0 Å². The fourth-order valence-electron chi connectivity index (χ4n) is 2.50. The maximum Gasteiger partial charge on any atom is 0.0764 e. The van der Waals surface area contributed by atoms with E-state index in [0.29, 0.717) is 12.0 Å². The first kappa shape index (κ1) is 12.8. The molecule has 0 saturated carbocycles. The van der Waals surface area contributed by atoms with Crippen LogP contribution >= 0.6 is 11.6 Å². The van der Waals surface area contributed by atoms with Gasteiger partial charge in [-0.15, -0.1) is 0 Å². The van der Waals surface area contributed by atoms with Crippen molar-refractivity contribution in [2.75, 3.05) is 0 Å². The molecule has 94 valence electrons. The predicted octanol–water partition coefficient (Wildman–Crippen LogP) is 2.23.